The van der Waals surface area contributed by atoms with Gasteiger partial charge in [-0.2, -0.15) is 5.26 Å². The summed E-state index contributed by atoms with van der Waals surface area (Å²) in [7, 11) is 1.68. The number of anilines is 1. The Hall–Kier alpha value is -2.75. The molecular formula is C21H27N5O2. The molecule has 0 unspecified atom stereocenters. The van der Waals surface area contributed by atoms with E-state index >= 15 is 0 Å². The summed E-state index contributed by atoms with van der Waals surface area (Å²) >= 11 is 0. The van der Waals surface area contributed by atoms with E-state index in [0.29, 0.717) is 5.96 Å². The third kappa shape index (κ3) is 3.39. The van der Waals surface area contributed by atoms with E-state index in [1.807, 2.05) is 18.2 Å². The third-order valence-electron chi connectivity index (χ3n) is 6.21. The Morgan fingerprint density at radius 2 is 1.89 bits per heavy atom. The van der Waals surface area contributed by atoms with E-state index < -0.39 is 11.5 Å². The number of carbonyl (C=O) groups is 1. The van der Waals surface area contributed by atoms with Gasteiger partial charge in [-0.3, -0.25) is 10.1 Å². The van der Waals surface area contributed by atoms with E-state index in [-0.39, 0.29) is 5.91 Å². The van der Waals surface area contributed by atoms with Crippen LogP contribution in [0.25, 0.3) is 0 Å². The van der Waals surface area contributed by atoms with Crippen LogP contribution in [-0.2, 0) is 4.79 Å². The Balaban J connectivity index is 1.49. The van der Waals surface area contributed by atoms with Crippen LogP contribution in [0.1, 0.15) is 32.1 Å². The molecule has 1 atom stereocenters. The number of rotatable bonds is 2. The molecule has 0 radical (unpaired) electrons. The molecule has 2 fully saturated rings. The fraction of sp³-hybridized carbons (Fsp3) is 0.571. The Morgan fingerprint density at radius 1 is 1.18 bits per heavy atom. The van der Waals surface area contributed by atoms with Gasteiger partial charge in [0.15, 0.2) is 5.92 Å². The van der Waals surface area contributed by atoms with Gasteiger partial charge in [0.25, 0.3) is 0 Å². The average Bonchev–Trinajstić information content (AvgIpc) is 2.74. The molecule has 0 bridgehead atoms. The van der Waals surface area contributed by atoms with E-state index in [9.17, 15) is 10.1 Å². The van der Waals surface area contributed by atoms with Gasteiger partial charge in [0.05, 0.1) is 18.7 Å². The highest BCUT2D eigenvalue weighted by Crippen LogP contribution is 2.40. The molecular weight excluding hydrogens is 354 g/mol. The molecule has 0 aromatic heterocycles. The summed E-state index contributed by atoms with van der Waals surface area (Å²) in [5.74, 6) is 0.647. The lowest BCUT2D eigenvalue weighted by atomic mass is 9.72. The smallest absolute Gasteiger partial charge is 0.246 e. The summed E-state index contributed by atoms with van der Waals surface area (Å²) in [6, 6.07) is 10.3. The molecule has 7 nitrogen and oxygen atoms in total. The van der Waals surface area contributed by atoms with Crippen molar-refractivity contribution in [1.82, 2.24) is 10.2 Å². The quantitative estimate of drug-likeness (QED) is 0.849. The number of ether oxygens (including phenoxy) is 1. The minimum Gasteiger partial charge on any atom is -0.497 e. The molecule has 1 N–H and O–H groups in total. The first kappa shape index (κ1) is 18.6. The number of nitrogens with zero attached hydrogens (tertiary/aromatic N) is 4. The third-order valence-corrected chi connectivity index (χ3v) is 6.21. The van der Waals surface area contributed by atoms with Crippen LogP contribution in [-0.4, -0.2) is 55.6 Å². The van der Waals surface area contributed by atoms with Gasteiger partial charge in [-0.25, -0.2) is 4.99 Å². The predicted molar refractivity (Wildman–Crippen MR) is 107 cm³/mol. The van der Waals surface area contributed by atoms with Crippen molar-refractivity contribution in [2.45, 2.75) is 37.6 Å². The summed E-state index contributed by atoms with van der Waals surface area (Å²) in [4.78, 5) is 22.1. The van der Waals surface area contributed by atoms with Crippen LogP contribution in [0.2, 0.25) is 0 Å². The van der Waals surface area contributed by atoms with E-state index in [1.54, 1.807) is 7.11 Å². The molecule has 1 aromatic rings. The van der Waals surface area contributed by atoms with Gasteiger partial charge in [0.2, 0.25) is 11.9 Å². The number of nitrogens with one attached hydrogen (secondary N) is 1. The highest BCUT2D eigenvalue weighted by Gasteiger charge is 2.48. The molecule has 148 valence electrons. The van der Waals surface area contributed by atoms with Crippen LogP contribution in [0.3, 0.4) is 0 Å². The number of methoxy groups -OCH3 is 1. The topological polar surface area (TPSA) is 81.0 Å². The van der Waals surface area contributed by atoms with Gasteiger partial charge < -0.3 is 14.5 Å². The lowest BCUT2D eigenvalue weighted by Crippen LogP contribution is -2.60. The maximum Gasteiger partial charge on any atom is 0.246 e. The van der Waals surface area contributed by atoms with E-state index in [2.05, 4.69) is 27.3 Å². The number of amides is 1. The summed E-state index contributed by atoms with van der Waals surface area (Å²) in [5, 5.41) is 12.5. The van der Waals surface area contributed by atoms with Crippen LogP contribution < -0.4 is 15.0 Å². The van der Waals surface area contributed by atoms with Gasteiger partial charge in [-0.15, -0.1) is 0 Å². The van der Waals surface area contributed by atoms with Gasteiger partial charge in [0, 0.05) is 37.9 Å². The number of hydrogen-bond acceptors (Lipinski definition) is 6. The van der Waals surface area contributed by atoms with Crippen LogP contribution in [0.15, 0.2) is 29.3 Å². The summed E-state index contributed by atoms with van der Waals surface area (Å²) in [6.07, 6.45) is 4.88. The maximum atomic E-state index is 12.6. The second-order valence-electron chi connectivity index (χ2n) is 7.83. The van der Waals surface area contributed by atoms with Crippen LogP contribution >= 0.6 is 0 Å². The number of piperazine rings is 1. The SMILES string of the molecule is COc1cccc(N2CCN(C3=NC4(CCCCC4)[C@H](C#N)C(=O)N3)CC2)c1. The molecule has 28 heavy (non-hydrogen) atoms. The number of aliphatic imine (C=N–C) groups is 1. The number of carbonyl (C=O) groups excluding carboxylic acids is 1. The Bertz CT molecular complexity index is 801. The first-order valence-corrected chi connectivity index (χ1v) is 10.1. The van der Waals surface area contributed by atoms with Crippen LogP contribution in [0, 0.1) is 17.2 Å². The molecule has 4 rings (SSSR count). The lowest BCUT2D eigenvalue weighted by Gasteiger charge is -2.44. The van der Waals surface area contributed by atoms with Crippen molar-refractivity contribution in [3.8, 4) is 11.8 Å². The summed E-state index contributed by atoms with van der Waals surface area (Å²) in [5.41, 5.74) is 0.608. The van der Waals surface area contributed by atoms with Crippen molar-refractivity contribution in [1.29, 1.82) is 5.26 Å². The summed E-state index contributed by atoms with van der Waals surface area (Å²) < 4.78 is 5.33. The normalized spacial score (nSPS) is 24.4. The first-order chi connectivity index (χ1) is 13.6. The first-order valence-electron chi connectivity index (χ1n) is 10.1. The molecule has 1 spiro atoms. The van der Waals surface area contributed by atoms with Crippen LogP contribution in [0.4, 0.5) is 5.69 Å². The van der Waals surface area contributed by atoms with Crippen molar-refractivity contribution in [3.05, 3.63) is 24.3 Å². The maximum absolute atomic E-state index is 12.6. The number of benzene rings is 1. The summed E-state index contributed by atoms with van der Waals surface area (Å²) in [6.45, 7) is 3.25. The zero-order chi connectivity index (χ0) is 19.6. The van der Waals surface area contributed by atoms with Gasteiger partial charge in [0.1, 0.15) is 5.75 Å². The molecule has 1 amide bonds. The van der Waals surface area contributed by atoms with Crippen molar-refractivity contribution in [3.63, 3.8) is 0 Å². The number of hydrogen-bond donors (Lipinski definition) is 1. The second-order valence-corrected chi connectivity index (χ2v) is 7.83. The average molecular weight is 381 g/mol. The number of nitriles is 1. The Kier molecular flexibility index (Phi) is 5.12. The van der Waals surface area contributed by atoms with Gasteiger partial charge >= 0.3 is 0 Å². The second kappa shape index (κ2) is 7.70. The van der Waals surface area contributed by atoms with Crippen molar-refractivity contribution in [2.24, 2.45) is 10.9 Å². The minimum atomic E-state index is -0.672. The molecule has 1 saturated carbocycles. The van der Waals surface area contributed by atoms with Crippen molar-refractivity contribution >= 4 is 17.6 Å². The highest BCUT2D eigenvalue weighted by molar-refractivity contribution is 6.02. The molecule has 2 heterocycles. The monoisotopic (exact) mass is 381 g/mol. The van der Waals surface area contributed by atoms with E-state index in [1.165, 1.54) is 0 Å². The standard InChI is InChI=1S/C21H27N5O2/c1-28-17-7-5-6-16(14-17)25-10-12-26(13-11-25)20-23-19(27)18(15-22)21(24-20)8-3-2-4-9-21/h5-7,14,18H,2-4,8-13H2,1H3,(H,23,24,27)/t18-/m1/s1. The fourth-order valence-electron chi connectivity index (χ4n) is 4.61. The molecule has 1 aliphatic carbocycles. The van der Waals surface area contributed by atoms with Gasteiger partial charge in [-0.1, -0.05) is 25.3 Å². The Labute approximate surface area is 166 Å². The predicted octanol–water partition coefficient (Wildman–Crippen LogP) is 2.15. The largest absolute Gasteiger partial charge is 0.497 e. The van der Waals surface area contributed by atoms with E-state index in [4.69, 9.17) is 9.73 Å². The van der Waals surface area contributed by atoms with Gasteiger partial charge in [-0.05, 0) is 25.0 Å². The molecule has 1 aromatic carbocycles. The fourth-order valence-corrected chi connectivity index (χ4v) is 4.61. The molecule has 7 heteroatoms. The van der Waals surface area contributed by atoms with E-state index in [0.717, 1.165) is 69.7 Å². The number of guanidine groups is 1. The Morgan fingerprint density at radius 3 is 2.57 bits per heavy atom. The zero-order valence-corrected chi connectivity index (χ0v) is 16.4. The van der Waals surface area contributed by atoms with Crippen LogP contribution in [0.5, 0.6) is 5.75 Å². The molecule has 1 saturated heterocycles. The molecule has 3 aliphatic rings. The lowest BCUT2D eigenvalue weighted by molar-refractivity contribution is -0.125. The molecule has 2 aliphatic heterocycles. The highest BCUT2D eigenvalue weighted by atomic mass is 16.5. The minimum absolute atomic E-state index is 0.190. The van der Waals surface area contributed by atoms with Crippen molar-refractivity contribution in [2.75, 3.05) is 38.2 Å². The van der Waals surface area contributed by atoms with Crippen molar-refractivity contribution < 1.29 is 9.53 Å². The zero-order valence-electron chi connectivity index (χ0n) is 16.4.